The second kappa shape index (κ2) is 8.12. The lowest BCUT2D eigenvalue weighted by molar-refractivity contribution is 0.0526. The van der Waals surface area contributed by atoms with E-state index in [1.54, 1.807) is 27.0 Å². The van der Waals surface area contributed by atoms with Crippen LogP contribution in [0.15, 0.2) is 28.9 Å². The van der Waals surface area contributed by atoms with E-state index in [1.165, 1.54) is 0 Å². The van der Waals surface area contributed by atoms with Crippen LogP contribution in [0.5, 0.6) is 0 Å². The molecule has 2 aromatic rings. The van der Waals surface area contributed by atoms with Crippen molar-refractivity contribution in [3.05, 3.63) is 47.2 Å². The first kappa shape index (κ1) is 19.6. The Labute approximate surface area is 153 Å². The number of aromatic nitrogens is 1. The fourth-order valence-electron chi connectivity index (χ4n) is 2.58. The molecule has 26 heavy (non-hydrogen) atoms. The van der Waals surface area contributed by atoms with Crippen molar-refractivity contribution in [3.8, 4) is 0 Å². The van der Waals surface area contributed by atoms with Gasteiger partial charge < -0.3 is 24.4 Å². The van der Waals surface area contributed by atoms with Crippen molar-refractivity contribution >= 4 is 12.0 Å². The molecule has 0 saturated heterocycles. The van der Waals surface area contributed by atoms with Crippen molar-refractivity contribution in [2.75, 3.05) is 13.1 Å². The molecule has 2 aromatic heterocycles. The lowest BCUT2D eigenvalue weighted by Crippen LogP contribution is -2.37. The Kier molecular flexibility index (Phi) is 6.13. The van der Waals surface area contributed by atoms with Crippen molar-refractivity contribution in [1.29, 1.82) is 0 Å². The number of hydrogen-bond donors (Lipinski definition) is 2. The van der Waals surface area contributed by atoms with Crippen molar-refractivity contribution in [2.24, 2.45) is 0 Å². The highest BCUT2D eigenvalue weighted by Crippen LogP contribution is 2.17. The minimum atomic E-state index is -0.543. The molecule has 0 aromatic carbocycles. The van der Waals surface area contributed by atoms with Crippen LogP contribution in [-0.4, -0.2) is 35.3 Å². The van der Waals surface area contributed by atoms with Crippen molar-refractivity contribution < 1.29 is 18.7 Å². The van der Waals surface area contributed by atoms with Crippen LogP contribution in [0, 0.1) is 13.8 Å². The van der Waals surface area contributed by atoms with Gasteiger partial charge >= 0.3 is 6.09 Å². The van der Waals surface area contributed by atoms with Crippen LogP contribution in [0.25, 0.3) is 0 Å². The van der Waals surface area contributed by atoms with Gasteiger partial charge in [0, 0.05) is 24.5 Å². The fourth-order valence-corrected chi connectivity index (χ4v) is 2.58. The number of nitrogens with zero attached hydrogens (tertiary/aromatic N) is 1. The molecule has 142 valence electrons. The quantitative estimate of drug-likeness (QED) is 0.775. The maximum atomic E-state index is 12.4. The third-order valence-electron chi connectivity index (χ3n) is 3.79. The van der Waals surface area contributed by atoms with Gasteiger partial charge in [-0.1, -0.05) is 0 Å². The average Bonchev–Trinajstić information content (AvgIpc) is 3.13. The summed E-state index contributed by atoms with van der Waals surface area (Å²) in [5.41, 5.74) is 1.93. The smallest absolute Gasteiger partial charge is 0.407 e. The van der Waals surface area contributed by atoms with Gasteiger partial charge in [0.15, 0.2) is 0 Å². The van der Waals surface area contributed by atoms with E-state index in [9.17, 15) is 9.59 Å². The molecule has 0 spiro atoms. The summed E-state index contributed by atoms with van der Waals surface area (Å²) < 4.78 is 12.6. The number of amides is 2. The standard InChI is InChI=1S/C19H27N3O4/c1-13-11-16(14(2)22(13)12-15-7-6-10-25-15)17(23)20-8-9-21-18(24)26-19(3,4)5/h6-7,10-11H,8-9,12H2,1-5H3,(H,20,23)(H,21,24). The SMILES string of the molecule is Cc1cc(C(=O)NCCNC(=O)OC(C)(C)C)c(C)n1Cc1ccco1. The summed E-state index contributed by atoms with van der Waals surface area (Å²) in [5, 5.41) is 5.42. The molecule has 0 atom stereocenters. The summed E-state index contributed by atoms with van der Waals surface area (Å²) in [6, 6.07) is 5.60. The van der Waals surface area contributed by atoms with Crippen LogP contribution in [0.4, 0.5) is 4.79 Å². The first-order valence-electron chi connectivity index (χ1n) is 8.61. The summed E-state index contributed by atoms with van der Waals surface area (Å²) in [5.74, 6) is 0.662. The van der Waals surface area contributed by atoms with Crippen molar-refractivity contribution in [3.63, 3.8) is 0 Å². The van der Waals surface area contributed by atoms with Crippen LogP contribution in [-0.2, 0) is 11.3 Å². The molecule has 7 nitrogen and oxygen atoms in total. The average molecular weight is 361 g/mol. The van der Waals surface area contributed by atoms with Crippen LogP contribution in [0.3, 0.4) is 0 Å². The van der Waals surface area contributed by atoms with E-state index in [-0.39, 0.29) is 5.91 Å². The fraction of sp³-hybridized carbons (Fsp3) is 0.474. The molecular formula is C19H27N3O4. The summed E-state index contributed by atoms with van der Waals surface area (Å²) >= 11 is 0. The lowest BCUT2D eigenvalue weighted by Gasteiger charge is -2.19. The second-order valence-corrected chi connectivity index (χ2v) is 7.13. The third kappa shape index (κ3) is 5.40. The predicted molar refractivity (Wildman–Crippen MR) is 98.3 cm³/mol. The minimum Gasteiger partial charge on any atom is -0.467 e. The van der Waals surface area contributed by atoms with Gasteiger partial charge in [-0.25, -0.2) is 4.79 Å². The monoisotopic (exact) mass is 361 g/mol. The number of nitrogens with one attached hydrogen (secondary N) is 2. The molecule has 0 unspecified atom stereocenters. The highest BCUT2D eigenvalue weighted by Gasteiger charge is 2.17. The van der Waals surface area contributed by atoms with E-state index in [2.05, 4.69) is 10.6 Å². The molecule has 0 radical (unpaired) electrons. The predicted octanol–water partition coefficient (Wildman–Crippen LogP) is 3.00. The maximum Gasteiger partial charge on any atom is 0.407 e. The van der Waals surface area contributed by atoms with Crippen LogP contribution < -0.4 is 10.6 Å². The first-order valence-corrected chi connectivity index (χ1v) is 8.61. The van der Waals surface area contributed by atoms with Crippen LogP contribution >= 0.6 is 0 Å². The highest BCUT2D eigenvalue weighted by molar-refractivity contribution is 5.95. The zero-order chi connectivity index (χ0) is 19.3. The first-order chi connectivity index (χ1) is 12.2. The molecule has 0 saturated carbocycles. The summed E-state index contributed by atoms with van der Waals surface area (Å²) in [7, 11) is 0. The van der Waals surface area contributed by atoms with Gasteiger partial charge in [-0.05, 0) is 52.8 Å². The molecular weight excluding hydrogens is 334 g/mol. The Bertz CT molecular complexity index is 755. The van der Waals surface area contributed by atoms with Gasteiger partial charge in [0.25, 0.3) is 5.91 Å². The summed E-state index contributed by atoms with van der Waals surface area (Å²) in [6.45, 7) is 10.5. The number of alkyl carbamates (subject to hydrolysis) is 1. The van der Waals surface area contributed by atoms with Gasteiger partial charge in [-0.2, -0.15) is 0 Å². The topological polar surface area (TPSA) is 85.5 Å². The van der Waals surface area contributed by atoms with E-state index >= 15 is 0 Å². The Morgan fingerprint density at radius 3 is 2.50 bits per heavy atom. The van der Waals surface area contributed by atoms with Crippen molar-refractivity contribution in [1.82, 2.24) is 15.2 Å². The molecule has 0 bridgehead atoms. The number of carbonyl (C=O) groups excluding carboxylic acids is 2. The van der Waals surface area contributed by atoms with E-state index < -0.39 is 11.7 Å². The molecule has 2 heterocycles. The molecule has 2 amide bonds. The molecule has 0 aliphatic heterocycles. The van der Waals surface area contributed by atoms with E-state index in [0.29, 0.717) is 25.2 Å². The normalized spacial score (nSPS) is 11.3. The zero-order valence-corrected chi connectivity index (χ0v) is 16.0. The number of furan rings is 1. The largest absolute Gasteiger partial charge is 0.467 e. The number of ether oxygens (including phenoxy) is 1. The summed E-state index contributed by atoms with van der Waals surface area (Å²) in [6.07, 6.45) is 1.14. The molecule has 7 heteroatoms. The van der Waals surface area contributed by atoms with E-state index in [0.717, 1.165) is 17.1 Å². The van der Waals surface area contributed by atoms with Gasteiger partial charge in [-0.3, -0.25) is 4.79 Å². The second-order valence-electron chi connectivity index (χ2n) is 7.13. The Morgan fingerprint density at radius 2 is 1.88 bits per heavy atom. The zero-order valence-electron chi connectivity index (χ0n) is 16.0. The number of hydrogen-bond acceptors (Lipinski definition) is 4. The van der Waals surface area contributed by atoms with Crippen LogP contribution in [0.1, 0.15) is 48.3 Å². The lowest BCUT2D eigenvalue weighted by atomic mass is 10.2. The number of aryl methyl sites for hydroxylation is 1. The molecule has 2 rings (SSSR count). The van der Waals surface area contributed by atoms with Gasteiger partial charge in [0.2, 0.25) is 0 Å². The number of rotatable bonds is 6. The van der Waals surface area contributed by atoms with Crippen LogP contribution in [0.2, 0.25) is 0 Å². The van der Waals surface area contributed by atoms with Crippen molar-refractivity contribution in [2.45, 2.75) is 46.8 Å². The maximum absolute atomic E-state index is 12.4. The molecule has 2 N–H and O–H groups in total. The van der Waals surface area contributed by atoms with E-state index in [1.807, 2.05) is 36.6 Å². The third-order valence-corrected chi connectivity index (χ3v) is 3.79. The highest BCUT2D eigenvalue weighted by atomic mass is 16.6. The molecule has 0 aliphatic carbocycles. The van der Waals surface area contributed by atoms with Gasteiger partial charge in [0.1, 0.15) is 11.4 Å². The number of carbonyl (C=O) groups is 2. The Hall–Kier alpha value is -2.70. The minimum absolute atomic E-state index is 0.171. The molecule has 0 fully saturated rings. The van der Waals surface area contributed by atoms with E-state index in [4.69, 9.17) is 9.15 Å². The molecule has 0 aliphatic rings. The Morgan fingerprint density at radius 1 is 1.19 bits per heavy atom. The van der Waals surface area contributed by atoms with Gasteiger partial charge in [0.05, 0.1) is 18.4 Å². The Balaban J connectivity index is 1.87. The van der Waals surface area contributed by atoms with Gasteiger partial charge in [-0.15, -0.1) is 0 Å². The summed E-state index contributed by atoms with van der Waals surface area (Å²) in [4.78, 5) is 24.0.